The third kappa shape index (κ3) is 2.30. The molecule has 2 aromatic rings. The van der Waals surface area contributed by atoms with Crippen molar-refractivity contribution in [2.24, 2.45) is 5.73 Å². The topological polar surface area (TPSA) is 100.0 Å². The van der Waals surface area contributed by atoms with E-state index in [9.17, 15) is 0 Å². The zero-order chi connectivity index (χ0) is 12.4. The zero-order valence-corrected chi connectivity index (χ0v) is 9.74. The molecule has 1 aliphatic rings. The normalized spacial score (nSPS) is 14.7. The van der Waals surface area contributed by atoms with E-state index >= 15 is 0 Å². The van der Waals surface area contributed by atoms with Crippen molar-refractivity contribution in [3.8, 4) is 17.5 Å². The number of hydrogen-bond acceptors (Lipinski definition) is 7. The van der Waals surface area contributed by atoms with Gasteiger partial charge in [0.1, 0.15) is 12.3 Å². The first-order chi connectivity index (χ1) is 8.86. The molecule has 0 aliphatic heterocycles. The Kier molecular flexibility index (Phi) is 2.89. The maximum atomic E-state index is 5.35. The predicted octanol–water partition coefficient (Wildman–Crippen LogP) is 0.741. The first-order valence-electron chi connectivity index (χ1n) is 5.86. The Morgan fingerprint density at radius 3 is 3.06 bits per heavy atom. The Balaban J connectivity index is 1.81. The second kappa shape index (κ2) is 4.69. The third-order valence-corrected chi connectivity index (χ3v) is 2.58. The summed E-state index contributed by atoms with van der Waals surface area (Å²) in [6.07, 6.45) is 3.84. The minimum absolute atomic E-state index is 0.274. The summed E-state index contributed by atoms with van der Waals surface area (Å²) in [5.74, 6) is 1.59. The van der Waals surface area contributed by atoms with E-state index in [1.807, 2.05) is 0 Å². The summed E-state index contributed by atoms with van der Waals surface area (Å²) < 4.78 is 10.4. The molecule has 94 valence electrons. The number of nitrogens with two attached hydrogens (primary N) is 1. The molecule has 1 saturated carbocycles. The van der Waals surface area contributed by atoms with Gasteiger partial charge in [0.2, 0.25) is 11.7 Å². The minimum Gasteiger partial charge on any atom is -0.462 e. The second-order valence-electron chi connectivity index (χ2n) is 4.09. The van der Waals surface area contributed by atoms with Gasteiger partial charge in [0.25, 0.3) is 0 Å². The summed E-state index contributed by atoms with van der Waals surface area (Å²) in [7, 11) is 0. The van der Waals surface area contributed by atoms with Crippen molar-refractivity contribution in [2.45, 2.75) is 18.8 Å². The molecule has 2 heterocycles. The smallest absolute Gasteiger partial charge is 0.317 e. The summed E-state index contributed by atoms with van der Waals surface area (Å²) >= 11 is 0. The molecule has 1 fully saturated rings. The van der Waals surface area contributed by atoms with Crippen molar-refractivity contribution < 1.29 is 9.26 Å². The van der Waals surface area contributed by atoms with E-state index in [1.54, 1.807) is 12.3 Å². The standard InChI is InChI=1S/C11H13N5O2/c12-4-6-17-11-13-5-3-8(14-11)9-15-10(18-16-9)7-1-2-7/h3,5,7H,1-2,4,6,12H2. The highest BCUT2D eigenvalue weighted by Gasteiger charge is 2.30. The highest BCUT2D eigenvalue weighted by Crippen LogP contribution is 2.39. The van der Waals surface area contributed by atoms with Crippen LogP contribution in [0.5, 0.6) is 6.01 Å². The zero-order valence-electron chi connectivity index (χ0n) is 9.74. The Bertz CT molecular complexity index is 538. The molecule has 1 aliphatic carbocycles. The summed E-state index contributed by atoms with van der Waals surface area (Å²) in [6, 6.07) is 1.99. The molecule has 2 N–H and O–H groups in total. The van der Waals surface area contributed by atoms with E-state index in [0.717, 1.165) is 12.8 Å². The van der Waals surface area contributed by atoms with Gasteiger partial charge < -0.3 is 15.0 Å². The van der Waals surface area contributed by atoms with E-state index in [-0.39, 0.29) is 6.01 Å². The summed E-state index contributed by atoms with van der Waals surface area (Å²) in [5.41, 5.74) is 5.94. The van der Waals surface area contributed by atoms with Crippen molar-refractivity contribution in [3.63, 3.8) is 0 Å². The second-order valence-corrected chi connectivity index (χ2v) is 4.09. The Morgan fingerprint density at radius 2 is 2.28 bits per heavy atom. The van der Waals surface area contributed by atoms with Crippen LogP contribution in [-0.2, 0) is 0 Å². The molecule has 0 radical (unpaired) electrons. The average molecular weight is 247 g/mol. The largest absolute Gasteiger partial charge is 0.462 e. The van der Waals surface area contributed by atoms with Crippen LogP contribution in [0.2, 0.25) is 0 Å². The highest BCUT2D eigenvalue weighted by atomic mass is 16.5. The molecular weight excluding hydrogens is 234 g/mol. The molecule has 7 nitrogen and oxygen atoms in total. The first kappa shape index (κ1) is 11.1. The van der Waals surface area contributed by atoms with Crippen LogP contribution < -0.4 is 10.5 Å². The lowest BCUT2D eigenvalue weighted by atomic mass is 10.4. The van der Waals surface area contributed by atoms with Crippen LogP contribution >= 0.6 is 0 Å². The van der Waals surface area contributed by atoms with Crippen molar-refractivity contribution in [1.82, 2.24) is 20.1 Å². The number of rotatable bonds is 5. The molecule has 3 rings (SSSR count). The van der Waals surface area contributed by atoms with Crippen molar-refractivity contribution >= 4 is 0 Å². The Labute approximate surface area is 103 Å². The Hall–Kier alpha value is -2.02. The predicted molar refractivity (Wildman–Crippen MR) is 61.8 cm³/mol. The number of aromatic nitrogens is 4. The average Bonchev–Trinajstić information content (AvgIpc) is 3.14. The van der Waals surface area contributed by atoms with Crippen LogP contribution in [0.4, 0.5) is 0 Å². The van der Waals surface area contributed by atoms with Gasteiger partial charge in [-0.05, 0) is 18.9 Å². The lowest BCUT2D eigenvalue weighted by molar-refractivity contribution is 0.302. The quantitative estimate of drug-likeness (QED) is 0.831. The molecule has 7 heteroatoms. The van der Waals surface area contributed by atoms with Gasteiger partial charge in [-0.25, -0.2) is 4.98 Å². The number of nitrogens with zero attached hydrogens (tertiary/aromatic N) is 4. The van der Waals surface area contributed by atoms with Crippen LogP contribution in [0.3, 0.4) is 0 Å². The van der Waals surface area contributed by atoms with Gasteiger partial charge in [-0.1, -0.05) is 5.16 Å². The monoisotopic (exact) mass is 247 g/mol. The fourth-order valence-corrected chi connectivity index (χ4v) is 1.52. The lowest BCUT2D eigenvalue weighted by Crippen LogP contribution is -2.12. The summed E-state index contributed by atoms with van der Waals surface area (Å²) in [6.45, 7) is 0.796. The van der Waals surface area contributed by atoms with Crippen LogP contribution in [0.25, 0.3) is 11.5 Å². The fourth-order valence-electron chi connectivity index (χ4n) is 1.52. The number of hydrogen-bond donors (Lipinski definition) is 1. The van der Waals surface area contributed by atoms with Crippen molar-refractivity contribution in [1.29, 1.82) is 0 Å². The maximum Gasteiger partial charge on any atom is 0.317 e. The van der Waals surface area contributed by atoms with Crippen LogP contribution in [0.1, 0.15) is 24.7 Å². The van der Waals surface area contributed by atoms with Crippen molar-refractivity contribution in [3.05, 3.63) is 18.2 Å². The van der Waals surface area contributed by atoms with Gasteiger partial charge in [0.05, 0.1) is 0 Å². The van der Waals surface area contributed by atoms with Gasteiger partial charge in [-0.2, -0.15) is 9.97 Å². The summed E-state index contributed by atoms with van der Waals surface area (Å²) in [4.78, 5) is 12.5. The summed E-state index contributed by atoms with van der Waals surface area (Å²) in [5, 5.41) is 3.91. The molecule has 0 atom stereocenters. The maximum absolute atomic E-state index is 5.35. The Morgan fingerprint density at radius 1 is 1.39 bits per heavy atom. The van der Waals surface area contributed by atoms with Crippen LogP contribution in [-0.4, -0.2) is 33.3 Å². The molecule has 0 saturated heterocycles. The van der Waals surface area contributed by atoms with Gasteiger partial charge in [0.15, 0.2) is 0 Å². The molecular formula is C11H13N5O2. The lowest BCUT2D eigenvalue weighted by Gasteiger charge is -2.01. The minimum atomic E-state index is 0.274. The molecule has 0 unspecified atom stereocenters. The number of ether oxygens (including phenoxy) is 1. The van der Waals surface area contributed by atoms with Crippen molar-refractivity contribution in [2.75, 3.05) is 13.2 Å². The van der Waals surface area contributed by atoms with Crippen LogP contribution in [0.15, 0.2) is 16.8 Å². The SMILES string of the molecule is NCCOc1nccc(-c2noc(C3CC3)n2)n1. The first-order valence-corrected chi connectivity index (χ1v) is 5.86. The van der Waals surface area contributed by atoms with Gasteiger partial charge >= 0.3 is 6.01 Å². The fraction of sp³-hybridized carbons (Fsp3) is 0.455. The van der Waals surface area contributed by atoms with E-state index < -0.39 is 0 Å². The molecule has 0 aromatic carbocycles. The molecule has 0 bridgehead atoms. The van der Waals surface area contributed by atoms with E-state index in [4.69, 9.17) is 15.0 Å². The van der Waals surface area contributed by atoms with Gasteiger partial charge in [0, 0.05) is 18.7 Å². The molecule has 0 spiro atoms. The molecule has 0 amide bonds. The highest BCUT2D eigenvalue weighted by molar-refractivity contribution is 5.47. The van der Waals surface area contributed by atoms with Crippen LogP contribution in [0, 0.1) is 0 Å². The molecule has 18 heavy (non-hydrogen) atoms. The van der Waals surface area contributed by atoms with E-state index in [0.29, 0.717) is 36.5 Å². The molecule has 2 aromatic heterocycles. The van der Waals surface area contributed by atoms with E-state index in [1.165, 1.54) is 0 Å². The third-order valence-electron chi connectivity index (χ3n) is 2.58. The van der Waals surface area contributed by atoms with Gasteiger partial charge in [-0.3, -0.25) is 0 Å². The van der Waals surface area contributed by atoms with E-state index in [2.05, 4.69) is 20.1 Å². The van der Waals surface area contributed by atoms with Gasteiger partial charge in [-0.15, -0.1) is 0 Å².